The van der Waals surface area contributed by atoms with Crippen molar-refractivity contribution in [3.8, 4) is 0 Å². The number of carbonyl (C=O) groups is 2. The van der Waals surface area contributed by atoms with Gasteiger partial charge in [0.05, 0.1) is 11.6 Å². The predicted molar refractivity (Wildman–Crippen MR) is 93.1 cm³/mol. The molecule has 1 heterocycles. The first-order valence-electron chi connectivity index (χ1n) is 8.02. The Morgan fingerprint density at radius 2 is 1.77 bits per heavy atom. The molecule has 26 heavy (non-hydrogen) atoms. The third-order valence-corrected chi connectivity index (χ3v) is 3.57. The lowest BCUT2D eigenvalue weighted by Gasteiger charge is -2.31. The van der Waals surface area contributed by atoms with E-state index in [2.05, 4.69) is 4.98 Å². The summed E-state index contributed by atoms with van der Waals surface area (Å²) in [6, 6.07) is 7.56. The number of benzene rings is 1. The number of pyridine rings is 1. The summed E-state index contributed by atoms with van der Waals surface area (Å²) in [6.07, 6.45) is -0.395. The Balaban J connectivity index is 2.47. The smallest absolute Gasteiger partial charge is 0.416 e. The molecule has 0 radical (unpaired) electrons. The maximum Gasteiger partial charge on any atom is 0.416 e. The van der Waals surface area contributed by atoms with Crippen molar-refractivity contribution >= 4 is 18.2 Å². The van der Waals surface area contributed by atoms with Crippen molar-refractivity contribution in [1.29, 1.82) is 0 Å². The van der Waals surface area contributed by atoms with Gasteiger partial charge in [-0.05, 0) is 57.5 Å². The number of aldehydes is 1. The van der Waals surface area contributed by atoms with E-state index in [0.29, 0.717) is 11.8 Å². The molecule has 1 amide bonds. The van der Waals surface area contributed by atoms with Crippen LogP contribution in [0.15, 0.2) is 36.4 Å². The summed E-state index contributed by atoms with van der Waals surface area (Å²) in [6.45, 7) is 6.80. The molecule has 1 aromatic heterocycles. The maximum absolute atomic E-state index is 14.0. The zero-order valence-electron chi connectivity index (χ0n) is 15.0. The van der Waals surface area contributed by atoms with Crippen molar-refractivity contribution < 1.29 is 23.1 Å². The normalized spacial score (nSPS) is 12.4. The fraction of sp³-hybridized carbons (Fsp3) is 0.316. The van der Waals surface area contributed by atoms with Gasteiger partial charge in [0.1, 0.15) is 17.2 Å². The van der Waals surface area contributed by atoms with E-state index in [4.69, 9.17) is 4.74 Å². The SMILES string of the molecule is C[C@@H](c1ccc(F)cc1)N(C(=O)OC(C)(C)C)c1ccc(C=O)c(F)n1. The summed E-state index contributed by atoms with van der Waals surface area (Å²) in [5, 5.41) is 0. The molecule has 0 spiro atoms. The second-order valence-electron chi connectivity index (χ2n) is 6.75. The molecular weight excluding hydrogens is 342 g/mol. The van der Waals surface area contributed by atoms with E-state index in [1.165, 1.54) is 36.4 Å². The van der Waals surface area contributed by atoms with Crippen molar-refractivity contribution in [2.75, 3.05) is 4.90 Å². The van der Waals surface area contributed by atoms with E-state index < -0.39 is 29.5 Å². The number of ether oxygens (including phenoxy) is 1. The van der Waals surface area contributed by atoms with Crippen molar-refractivity contribution in [3.05, 3.63) is 59.3 Å². The summed E-state index contributed by atoms with van der Waals surface area (Å²) in [4.78, 5) is 28.4. The molecule has 0 saturated heterocycles. The highest BCUT2D eigenvalue weighted by atomic mass is 19.1. The first kappa shape index (κ1) is 19.5. The summed E-state index contributed by atoms with van der Waals surface area (Å²) in [5.74, 6) is -1.42. The van der Waals surface area contributed by atoms with Gasteiger partial charge in [-0.25, -0.2) is 14.2 Å². The van der Waals surface area contributed by atoms with Gasteiger partial charge in [0.2, 0.25) is 5.95 Å². The van der Waals surface area contributed by atoms with Crippen LogP contribution in [0.1, 0.15) is 49.7 Å². The Bertz CT molecular complexity index is 801. The lowest BCUT2D eigenvalue weighted by Crippen LogP contribution is -2.39. The summed E-state index contributed by atoms with van der Waals surface area (Å²) >= 11 is 0. The number of halogens is 2. The van der Waals surface area contributed by atoms with Gasteiger partial charge in [-0.2, -0.15) is 4.39 Å². The number of rotatable bonds is 4. The first-order chi connectivity index (χ1) is 12.1. The molecule has 1 atom stereocenters. The van der Waals surface area contributed by atoms with Gasteiger partial charge in [-0.3, -0.25) is 9.69 Å². The van der Waals surface area contributed by atoms with E-state index in [0.717, 1.165) is 4.90 Å². The molecule has 0 bridgehead atoms. The second-order valence-corrected chi connectivity index (χ2v) is 6.75. The topological polar surface area (TPSA) is 59.5 Å². The highest BCUT2D eigenvalue weighted by Gasteiger charge is 2.30. The van der Waals surface area contributed by atoms with Crippen molar-refractivity contribution in [2.45, 2.75) is 39.3 Å². The Morgan fingerprint density at radius 1 is 1.15 bits per heavy atom. The van der Waals surface area contributed by atoms with Gasteiger partial charge in [-0.1, -0.05) is 12.1 Å². The van der Waals surface area contributed by atoms with Gasteiger partial charge in [0, 0.05) is 0 Å². The Morgan fingerprint density at radius 3 is 2.27 bits per heavy atom. The van der Waals surface area contributed by atoms with Crippen LogP contribution >= 0.6 is 0 Å². The molecule has 2 rings (SSSR count). The molecule has 0 unspecified atom stereocenters. The summed E-state index contributed by atoms with van der Waals surface area (Å²) in [5.41, 5.74) is -0.384. The van der Waals surface area contributed by atoms with E-state index in [1.807, 2.05) is 0 Å². The van der Waals surface area contributed by atoms with Crippen molar-refractivity contribution in [3.63, 3.8) is 0 Å². The zero-order chi connectivity index (χ0) is 19.5. The predicted octanol–water partition coefficient (Wildman–Crippen LogP) is 4.68. The average molecular weight is 362 g/mol. The second kappa shape index (κ2) is 7.59. The van der Waals surface area contributed by atoms with Crippen molar-refractivity contribution in [1.82, 2.24) is 4.98 Å². The fourth-order valence-electron chi connectivity index (χ4n) is 2.31. The van der Waals surface area contributed by atoms with Gasteiger partial charge >= 0.3 is 6.09 Å². The molecule has 0 saturated carbocycles. The summed E-state index contributed by atoms with van der Waals surface area (Å²) in [7, 11) is 0. The lowest BCUT2D eigenvalue weighted by atomic mass is 10.1. The number of carbonyl (C=O) groups excluding carboxylic acids is 2. The standard InChI is InChI=1S/C19H20F2N2O3/c1-12(13-5-8-15(20)9-6-13)23(18(25)26-19(2,3)4)16-10-7-14(11-24)17(21)22-16/h5-12H,1-4H3/t12-/m0/s1. The summed E-state index contributed by atoms with van der Waals surface area (Å²) < 4.78 is 32.5. The molecule has 0 aliphatic rings. The monoisotopic (exact) mass is 362 g/mol. The quantitative estimate of drug-likeness (QED) is 0.585. The van der Waals surface area contributed by atoms with Gasteiger partial charge in [0.25, 0.3) is 0 Å². The molecular formula is C19H20F2N2O3. The molecule has 2 aromatic rings. The third-order valence-electron chi connectivity index (χ3n) is 3.57. The van der Waals surface area contributed by atoms with Gasteiger partial charge in [-0.15, -0.1) is 0 Å². The molecule has 7 heteroatoms. The minimum atomic E-state index is -0.989. The fourth-order valence-corrected chi connectivity index (χ4v) is 2.31. The molecule has 0 aliphatic carbocycles. The number of amides is 1. The van der Waals surface area contributed by atoms with Crippen LogP contribution in [-0.4, -0.2) is 23.0 Å². The number of aromatic nitrogens is 1. The van der Waals surface area contributed by atoms with E-state index in [-0.39, 0.29) is 11.4 Å². The van der Waals surface area contributed by atoms with Crippen LogP contribution in [0.3, 0.4) is 0 Å². The van der Waals surface area contributed by atoms with Crippen LogP contribution in [-0.2, 0) is 4.74 Å². The number of hydrogen-bond donors (Lipinski definition) is 0. The molecule has 0 N–H and O–H groups in total. The highest BCUT2D eigenvalue weighted by Crippen LogP contribution is 2.28. The van der Waals surface area contributed by atoms with Crippen molar-refractivity contribution in [2.24, 2.45) is 0 Å². The van der Waals surface area contributed by atoms with Crippen LogP contribution in [0.25, 0.3) is 0 Å². The Hall–Kier alpha value is -2.83. The van der Waals surface area contributed by atoms with Gasteiger partial charge < -0.3 is 4.74 Å². The van der Waals surface area contributed by atoms with Gasteiger partial charge in [0.15, 0.2) is 6.29 Å². The van der Waals surface area contributed by atoms with E-state index in [1.54, 1.807) is 27.7 Å². The van der Waals surface area contributed by atoms with Crippen LogP contribution in [0, 0.1) is 11.8 Å². The molecule has 0 fully saturated rings. The first-order valence-corrected chi connectivity index (χ1v) is 8.02. The van der Waals surface area contributed by atoms with Crippen LogP contribution in [0.4, 0.5) is 19.4 Å². The molecule has 1 aromatic carbocycles. The largest absolute Gasteiger partial charge is 0.443 e. The molecule has 138 valence electrons. The number of nitrogens with zero attached hydrogens (tertiary/aromatic N) is 2. The molecule has 5 nitrogen and oxygen atoms in total. The maximum atomic E-state index is 14.0. The van der Waals surface area contributed by atoms with Crippen LogP contribution in [0.5, 0.6) is 0 Å². The third kappa shape index (κ3) is 4.62. The Kier molecular flexibility index (Phi) is 5.69. The molecule has 0 aliphatic heterocycles. The highest BCUT2D eigenvalue weighted by molar-refractivity contribution is 5.88. The number of anilines is 1. The Labute approximate surface area is 150 Å². The zero-order valence-corrected chi connectivity index (χ0v) is 15.0. The minimum absolute atomic E-state index is 0.0147. The van der Waals surface area contributed by atoms with Crippen LogP contribution < -0.4 is 4.90 Å². The van der Waals surface area contributed by atoms with E-state index in [9.17, 15) is 18.4 Å². The lowest BCUT2D eigenvalue weighted by molar-refractivity contribution is 0.0566. The van der Waals surface area contributed by atoms with Crippen LogP contribution in [0.2, 0.25) is 0 Å². The van der Waals surface area contributed by atoms with E-state index >= 15 is 0 Å². The number of hydrogen-bond acceptors (Lipinski definition) is 4. The average Bonchev–Trinajstić information content (AvgIpc) is 2.54. The minimum Gasteiger partial charge on any atom is -0.443 e.